The van der Waals surface area contributed by atoms with Gasteiger partial charge in [-0.3, -0.25) is 9.79 Å². The number of carbonyl (C=O) groups is 1. The Labute approximate surface area is 150 Å². The Morgan fingerprint density at radius 2 is 2.00 bits per heavy atom. The summed E-state index contributed by atoms with van der Waals surface area (Å²) in [7, 11) is 1.82. The van der Waals surface area contributed by atoms with Gasteiger partial charge in [0.25, 0.3) is 0 Å². The van der Waals surface area contributed by atoms with E-state index in [1.807, 2.05) is 7.05 Å². The molecule has 1 amide bonds. The minimum absolute atomic E-state index is 0. The number of hydrogen-bond donors (Lipinski definition) is 1. The SMILES string of the molecule is CN=C(NCC1(C)CCCC1)N1CCN(C2CC2)C(=O)C1.I. The average Bonchev–Trinajstić information content (AvgIpc) is 3.22. The predicted octanol–water partition coefficient (Wildman–Crippen LogP) is 2.07. The number of aliphatic imine (C=N–C) groups is 1. The molecule has 2 saturated carbocycles. The highest BCUT2D eigenvalue weighted by Gasteiger charge is 2.36. The topological polar surface area (TPSA) is 47.9 Å². The Morgan fingerprint density at radius 1 is 1.32 bits per heavy atom. The number of carbonyl (C=O) groups excluding carboxylic acids is 1. The van der Waals surface area contributed by atoms with Crippen molar-refractivity contribution in [3.05, 3.63) is 0 Å². The lowest BCUT2D eigenvalue weighted by molar-refractivity contribution is -0.135. The van der Waals surface area contributed by atoms with E-state index in [4.69, 9.17) is 0 Å². The molecule has 3 fully saturated rings. The van der Waals surface area contributed by atoms with Crippen molar-refractivity contribution in [2.24, 2.45) is 10.4 Å². The summed E-state index contributed by atoms with van der Waals surface area (Å²) < 4.78 is 0. The van der Waals surface area contributed by atoms with Gasteiger partial charge >= 0.3 is 0 Å². The minimum atomic E-state index is 0. The standard InChI is InChI=1S/C16H28N4O.HI/c1-16(7-3-4-8-16)12-18-15(17-2)19-9-10-20(13-5-6-13)14(21)11-19;/h13H,3-12H2,1-2H3,(H,17,18);1H. The molecule has 0 radical (unpaired) electrons. The van der Waals surface area contributed by atoms with Gasteiger partial charge in [-0.2, -0.15) is 0 Å². The zero-order valence-electron chi connectivity index (χ0n) is 13.8. The Hall–Kier alpha value is -0.530. The van der Waals surface area contributed by atoms with Crippen molar-refractivity contribution in [3.8, 4) is 0 Å². The van der Waals surface area contributed by atoms with Gasteiger partial charge in [0.2, 0.25) is 5.91 Å². The van der Waals surface area contributed by atoms with Gasteiger partial charge < -0.3 is 15.1 Å². The van der Waals surface area contributed by atoms with Gasteiger partial charge in [-0.05, 0) is 31.1 Å². The lowest BCUT2D eigenvalue weighted by Gasteiger charge is -2.37. The number of nitrogens with zero attached hydrogens (tertiary/aromatic N) is 3. The first-order valence-electron chi connectivity index (χ1n) is 8.36. The molecule has 0 aromatic rings. The molecule has 5 nitrogen and oxygen atoms in total. The molecule has 22 heavy (non-hydrogen) atoms. The molecule has 0 aromatic carbocycles. The van der Waals surface area contributed by atoms with E-state index in [9.17, 15) is 4.79 Å². The third kappa shape index (κ3) is 4.06. The van der Waals surface area contributed by atoms with Crippen LogP contribution in [0.15, 0.2) is 4.99 Å². The van der Waals surface area contributed by atoms with E-state index in [1.165, 1.54) is 38.5 Å². The molecule has 1 heterocycles. The van der Waals surface area contributed by atoms with Crippen molar-refractivity contribution in [2.45, 2.75) is 51.5 Å². The van der Waals surface area contributed by atoms with Crippen LogP contribution in [0.25, 0.3) is 0 Å². The van der Waals surface area contributed by atoms with Crippen molar-refractivity contribution in [1.29, 1.82) is 0 Å². The largest absolute Gasteiger partial charge is 0.356 e. The number of halogens is 1. The number of hydrogen-bond acceptors (Lipinski definition) is 2. The Morgan fingerprint density at radius 3 is 2.55 bits per heavy atom. The number of piperazine rings is 1. The van der Waals surface area contributed by atoms with E-state index >= 15 is 0 Å². The zero-order chi connectivity index (χ0) is 14.9. The summed E-state index contributed by atoms with van der Waals surface area (Å²) in [5.74, 6) is 1.16. The predicted molar refractivity (Wildman–Crippen MR) is 99.7 cm³/mol. The second kappa shape index (κ2) is 7.36. The molecule has 1 aliphatic heterocycles. The Balaban J connectivity index is 0.00000176. The lowest BCUT2D eigenvalue weighted by atomic mass is 9.89. The van der Waals surface area contributed by atoms with Crippen molar-refractivity contribution in [1.82, 2.24) is 15.1 Å². The van der Waals surface area contributed by atoms with Gasteiger partial charge in [0.05, 0.1) is 6.54 Å². The van der Waals surface area contributed by atoms with Crippen LogP contribution in [0, 0.1) is 5.41 Å². The van der Waals surface area contributed by atoms with Gasteiger partial charge in [-0.25, -0.2) is 0 Å². The summed E-state index contributed by atoms with van der Waals surface area (Å²) in [5, 5.41) is 3.51. The number of rotatable bonds is 3. The molecule has 1 saturated heterocycles. The van der Waals surface area contributed by atoms with Gasteiger partial charge in [0.15, 0.2) is 5.96 Å². The molecule has 6 heteroatoms. The fourth-order valence-electron chi connectivity index (χ4n) is 3.67. The molecule has 0 bridgehead atoms. The van der Waals surface area contributed by atoms with E-state index in [0.29, 0.717) is 18.0 Å². The normalized spacial score (nSPS) is 25.2. The first-order valence-corrected chi connectivity index (χ1v) is 8.36. The molecular formula is C16H29IN4O. The van der Waals surface area contributed by atoms with E-state index in [1.54, 1.807) is 0 Å². The maximum Gasteiger partial charge on any atom is 0.242 e. The highest BCUT2D eigenvalue weighted by molar-refractivity contribution is 14.0. The quantitative estimate of drug-likeness (QED) is 0.432. The van der Waals surface area contributed by atoms with Crippen molar-refractivity contribution >= 4 is 35.8 Å². The van der Waals surface area contributed by atoms with Crippen LogP contribution in [0.5, 0.6) is 0 Å². The molecule has 0 spiro atoms. The molecule has 3 rings (SSSR count). The third-order valence-corrected chi connectivity index (χ3v) is 5.24. The summed E-state index contributed by atoms with van der Waals surface area (Å²) in [4.78, 5) is 20.8. The number of amides is 1. The van der Waals surface area contributed by atoms with Crippen LogP contribution < -0.4 is 5.32 Å². The van der Waals surface area contributed by atoms with Crippen molar-refractivity contribution in [2.75, 3.05) is 33.2 Å². The highest BCUT2D eigenvalue weighted by atomic mass is 127. The van der Waals surface area contributed by atoms with Crippen LogP contribution in [-0.2, 0) is 4.79 Å². The van der Waals surface area contributed by atoms with Crippen LogP contribution in [0.2, 0.25) is 0 Å². The van der Waals surface area contributed by atoms with E-state index in [-0.39, 0.29) is 29.9 Å². The van der Waals surface area contributed by atoms with Crippen LogP contribution in [0.3, 0.4) is 0 Å². The van der Waals surface area contributed by atoms with Crippen LogP contribution >= 0.6 is 24.0 Å². The van der Waals surface area contributed by atoms with Crippen LogP contribution in [0.4, 0.5) is 0 Å². The maximum absolute atomic E-state index is 12.2. The molecule has 3 aliphatic rings. The van der Waals surface area contributed by atoms with Crippen molar-refractivity contribution in [3.63, 3.8) is 0 Å². The molecule has 2 aliphatic carbocycles. The highest BCUT2D eigenvalue weighted by Crippen LogP contribution is 2.36. The average molecular weight is 420 g/mol. The molecular weight excluding hydrogens is 391 g/mol. The van der Waals surface area contributed by atoms with Gasteiger partial charge in [0, 0.05) is 32.7 Å². The second-order valence-corrected chi connectivity index (χ2v) is 7.16. The summed E-state index contributed by atoms with van der Waals surface area (Å²) in [6.45, 7) is 5.56. The van der Waals surface area contributed by atoms with Gasteiger partial charge in [0.1, 0.15) is 0 Å². The maximum atomic E-state index is 12.2. The summed E-state index contributed by atoms with van der Waals surface area (Å²) >= 11 is 0. The smallest absolute Gasteiger partial charge is 0.242 e. The molecule has 0 aromatic heterocycles. The first kappa shape index (κ1) is 17.8. The monoisotopic (exact) mass is 420 g/mol. The summed E-state index contributed by atoms with van der Waals surface area (Å²) in [6, 6.07) is 0.534. The van der Waals surface area contributed by atoms with Crippen LogP contribution in [-0.4, -0.2) is 60.9 Å². The fraction of sp³-hybridized carbons (Fsp3) is 0.875. The van der Waals surface area contributed by atoms with E-state index in [2.05, 4.69) is 27.0 Å². The molecule has 1 N–H and O–H groups in total. The first-order chi connectivity index (χ1) is 10.1. The van der Waals surface area contributed by atoms with E-state index in [0.717, 1.165) is 25.6 Å². The van der Waals surface area contributed by atoms with Gasteiger partial charge in [-0.15, -0.1) is 24.0 Å². The summed E-state index contributed by atoms with van der Waals surface area (Å²) in [5.41, 5.74) is 0.399. The van der Waals surface area contributed by atoms with Gasteiger partial charge in [-0.1, -0.05) is 19.8 Å². The summed E-state index contributed by atoms with van der Waals surface area (Å²) in [6.07, 6.45) is 7.66. The molecule has 0 atom stereocenters. The molecule has 0 unspecified atom stereocenters. The van der Waals surface area contributed by atoms with E-state index < -0.39 is 0 Å². The van der Waals surface area contributed by atoms with Crippen molar-refractivity contribution < 1.29 is 4.79 Å². The number of guanidine groups is 1. The fourth-order valence-corrected chi connectivity index (χ4v) is 3.67. The molecule has 126 valence electrons. The zero-order valence-corrected chi connectivity index (χ0v) is 16.1. The third-order valence-electron chi connectivity index (χ3n) is 5.24. The second-order valence-electron chi connectivity index (χ2n) is 7.16. The number of nitrogens with one attached hydrogen (secondary N) is 1. The van der Waals surface area contributed by atoms with Crippen LogP contribution in [0.1, 0.15) is 45.4 Å². The minimum Gasteiger partial charge on any atom is -0.356 e. The Kier molecular flexibility index (Phi) is 5.96. The Bertz CT molecular complexity index is 430. The lowest BCUT2D eigenvalue weighted by Crippen LogP contribution is -2.56.